The molecule has 0 aromatic rings. The Labute approximate surface area is 255 Å². The third-order valence-corrected chi connectivity index (χ3v) is 8.22. The maximum Gasteiger partial charge on any atom is 0.472 e. The van der Waals surface area contributed by atoms with Gasteiger partial charge in [-0.2, -0.15) is 0 Å². The number of hydrogen-bond donors (Lipinski definition) is 1. The fourth-order valence-corrected chi connectivity index (χ4v) is 5.37. The molecule has 240 valence electrons. The van der Waals surface area contributed by atoms with Crippen LogP contribution in [0.1, 0.15) is 168 Å². The van der Waals surface area contributed by atoms with Gasteiger partial charge in [-0.3, -0.25) is 9.05 Å². The largest absolute Gasteiger partial charge is 0.472 e. The summed E-state index contributed by atoms with van der Waals surface area (Å²) in [6.45, 7) is 5.08. The molecule has 0 saturated carbocycles. The Kier molecular flexibility index (Phi) is 32.8. The minimum atomic E-state index is -3.90. The third kappa shape index (κ3) is 35.2. The van der Waals surface area contributed by atoms with Crippen LogP contribution in [0.15, 0.2) is 48.6 Å². The monoisotopic (exact) mass is 594 g/mol. The van der Waals surface area contributed by atoms with E-state index in [1.807, 2.05) is 0 Å². The Morgan fingerprint density at radius 3 is 1.07 bits per heavy atom. The molecule has 0 saturated heterocycles. The molecule has 0 spiro atoms. The topological polar surface area (TPSA) is 55.8 Å². The molecule has 5 heteroatoms. The maximum absolute atomic E-state index is 12.0. The van der Waals surface area contributed by atoms with Gasteiger partial charge in [0.1, 0.15) is 0 Å². The van der Waals surface area contributed by atoms with Crippen molar-refractivity contribution in [3.05, 3.63) is 48.6 Å². The SMILES string of the molecule is CCCCC/C=C\C/C=C\CCCCCCCCOP(=O)(O)OCCCCCCCC/C=C\C/C=C\CCCCC. The van der Waals surface area contributed by atoms with Crippen LogP contribution in [0.2, 0.25) is 0 Å². The molecule has 1 N–H and O–H groups in total. The number of allylic oxidation sites excluding steroid dienone is 8. The van der Waals surface area contributed by atoms with Gasteiger partial charge in [0.15, 0.2) is 0 Å². The Morgan fingerprint density at radius 2 is 0.732 bits per heavy atom. The average Bonchev–Trinajstić information content (AvgIpc) is 2.96. The molecule has 0 rings (SSSR count). The van der Waals surface area contributed by atoms with Crippen LogP contribution in [0.3, 0.4) is 0 Å². The lowest BCUT2D eigenvalue weighted by Gasteiger charge is -2.12. The summed E-state index contributed by atoms with van der Waals surface area (Å²) >= 11 is 0. The Balaban J connectivity index is 3.41. The highest BCUT2D eigenvalue weighted by Crippen LogP contribution is 2.43. The van der Waals surface area contributed by atoms with Crippen molar-refractivity contribution in [2.75, 3.05) is 13.2 Å². The van der Waals surface area contributed by atoms with E-state index in [9.17, 15) is 9.46 Å². The second kappa shape index (κ2) is 33.6. The standard InChI is InChI=1S/C36H67O4P/c1-3-5-7-9-11-13-15-17-19-21-23-25-27-29-31-33-35-39-41(37,38)40-36-34-32-30-28-26-24-22-20-18-16-14-12-10-8-6-4-2/h11-14,17-20H,3-10,15-16,21-36H2,1-2H3,(H,37,38)/b13-11-,14-12-,19-17-,20-18-. The van der Waals surface area contributed by atoms with Crippen molar-refractivity contribution in [1.29, 1.82) is 0 Å². The number of phosphoric ester groups is 1. The molecule has 0 aromatic heterocycles. The summed E-state index contributed by atoms with van der Waals surface area (Å²) < 4.78 is 22.3. The first kappa shape index (κ1) is 40.1. The predicted octanol–water partition coefficient (Wildman–Crippen LogP) is 12.7. The van der Waals surface area contributed by atoms with Crippen molar-refractivity contribution in [2.45, 2.75) is 168 Å². The lowest BCUT2D eigenvalue weighted by Crippen LogP contribution is -1.99. The van der Waals surface area contributed by atoms with Crippen LogP contribution < -0.4 is 0 Å². The number of phosphoric acid groups is 1. The van der Waals surface area contributed by atoms with Gasteiger partial charge >= 0.3 is 7.82 Å². The summed E-state index contributed by atoms with van der Waals surface area (Å²) in [6.07, 6.45) is 46.5. The van der Waals surface area contributed by atoms with Crippen LogP contribution in [0.5, 0.6) is 0 Å². The van der Waals surface area contributed by atoms with Crippen LogP contribution in [-0.4, -0.2) is 18.1 Å². The summed E-state index contributed by atoms with van der Waals surface area (Å²) in [7, 11) is -3.90. The molecule has 0 radical (unpaired) electrons. The van der Waals surface area contributed by atoms with E-state index in [0.29, 0.717) is 13.2 Å². The molecule has 0 bridgehead atoms. The van der Waals surface area contributed by atoms with Crippen LogP contribution in [0, 0.1) is 0 Å². The minimum absolute atomic E-state index is 0.298. The summed E-state index contributed by atoms with van der Waals surface area (Å²) in [5.41, 5.74) is 0. The molecule has 0 atom stereocenters. The van der Waals surface area contributed by atoms with Gasteiger partial charge in [0, 0.05) is 0 Å². The molecular weight excluding hydrogens is 527 g/mol. The Bertz CT molecular complexity index is 629. The van der Waals surface area contributed by atoms with Gasteiger partial charge in [-0.1, -0.05) is 140 Å². The lowest BCUT2D eigenvalue weighted by molar-refractivity contribution is 0.145. The van der Waals surface area contributed by atoms with E-state index < -0.39 is 7.82 Å². The first-order chi connectivity index (χ1) is 20.1. The first-order valence-corrected chi connectivity index (χ1v) is 18.8. The summed E-state index contributed by atoms with van der Waals surface area (Å²) in [5, 5.41) is 0. The zero-order chi connectivity index (χ0) is 30.0. The van der Waals surface area contributed by atoms with E-state index in [2.05, 4.69) is 62.5 Å². The van der Waals surface area contributed by atoms with Gasteiger partial charge in [0.2, 0.25) is 0 Å². The molecular formula is C36H67O4P. The first-order valence-electron chi connectivity index (χ1n) is 17.3. The van der Waals surface area contributed by atoms with Crippen LogP contribution in [0.4, 0.5) is 0 Å². The molecule has 0 amide bonds. The molecule has 0 heterocycles. The molecule has 0 aliphatic carbocycles. The van der Waals surface area contributed by atoms with Crippen molar-refractivity contribution in [3.8, 4) is 0 Å². The number of rotatable bonds is 32. The molecule has 0 fully saturated rings. The van der Waals surface area contributed by atoms with Gasteiger partial charge in [0.25, 0.3) is 0 Å². The quantitative estimate of drug-likeness (QED) is 0.0478. The molecule has 41 heavy (non-hydrogen) atoms. The van der Waals surface area contributed by atoms with Gasteiger partial charge in [-0.25, -0.2) is 4.57 Å². The summed E-state index contributed by atoms with van der Waals surface area (Å²) in [4.78, 5) is 9.86. The van der Waals surface area contributed by atoms with E-state index in [0.717, 1.165) is 64.2 Å². The zero-order valence-corrected chi connectivity index (χ0v) is 28.0. The fourth-order valence-electron chi connectivity index (χ4n) is 4.58. The highest BCUT2D eigenvalue weighted by molar-refractivity contribution is 7.47. The minimum Gasteiger partial charge on any atom is -0.302 e. The number of unbranched alkanes of at least 4 members (excludes halogenated alkanes) is 18. The van der Waals surface area contributed by atoms with Crippen LogP contribution >= 0.6 is 7.82 Å². The van der Waals surface area contributed by atoms with Gasteiger partial charge in [0.05, 0.1) is 13.2 Å². The second-order valence-corrected chi connectivity index (χ2v) is 12.8. The van der Waals surface area contributed by atoms with Gasteiger partial charge in [-0.15, -0.1) is 0 Å². The second-order valence-electron chi connectivity index (χ2n) is 11.3. The Morgan fingerprint density at radius 1 is 0.439 bits per heavy atom. The van der Waals surface area contributed by atoms with Crippen LogP contribution in [-0.2, 0) is 13.6 Å². The number of hydrogen-bond acceptors (Lipinski definition) is 3. The van der Waals surface area contributed by atoms with Crippen molar-refractivity contribution in [1.82, 2.24) is 0 Å². The molecule has 0 aliphatic heterocycles. The van der Waals surface area contributed by atoms with E-state index in [1.54, 1.807) is 0 Å². The van der Waals surface area contributed by atoms with E-state index in [-0.39, 0.29) is 0 Å². The van der Waals surface area contributed by atoms with E-state index in [4.69, 9.17) is 9.05 Å². The highest BCUT2D eigenvalue weighted by atomic mass is 31.2. The predicted molar refractivity (Wildman–Crippen MR) is 180 cm³/mol. The van der Waals surface area contributed by atoms with Crippen molar-refractivity contribution in [2.24, 2.45) is 0 Å². The van der Waals surface area contributed by atoms with Crippen molar-refractivity contribution >= 4 is 7.82 Å². The van der Waals surface area contributed by atoms with E-state index in [1.165, 1.54) is 89.9 Å². The third-order valence-electron chi connectivity index (χ3n) is 7.20. The van der Waals surface area contributed by atoms with Gasteiger partial charge in [-0.05, 0) is 77.0 Å². The zero-order valence-electron chi connectivity index (χ0n) is 27.1. The fraction of sp³-hybridized carbons (Fsp3) is 0.778. The van der Waals surface area contributed by atoms with Crippen molar-refractivity contribution < 1.29 is 18.5 Å². The Hall–Kier alpha value is -0.930. The molecule has 0 unspecified atom stereocenters. The highest BCUT2D eigenvalue weighted by Gasteiger charge is 2.19. The summed E-state index contributed by atoms with van der Waals surface area (Å²) in [6, 6.07) is 0. The van der Waals surface area contributed by atoms with Gasteiger partial charge < -0.3 is 4.89 Å². The van der Waals surface area contributed by atoms with Crippen molar-refractivity contribution in [3.63, 3.8) is 0 Å². The molecule has 0 aliphatic rings. The van der Waals surface area contributed by atoms with E-state index >= 15 is 0 Å². The smallest absolute Gasteiger partial charge is 0.302 e. The molecule has 0 aromatic carbocycles. The molecule has 4 nitrogen and oxygen atoms in total. The average molecular weight is 595 g/mol. The normalized spacial score (nSPS) is 12.8. The van der Waals surface area contributed by atoms with Crippen LogP contribution in [0.25, 0.3) is 0 Å². The maximum atomic E-state index is 12.0. The lowest BCUT2D eigenvalue weighted by atomic mass is 10.1. The summed E-state index contributed by atoms with van der Waals surface area (Å²) in [5.74, 6) is 0.